The molecule has 1 aromatic heterocycles. The molecule has 0 bridgehead atoms. The van der Waals surface area contributed by atoms with E-state index in [1.165, 1.54) is 0 Å². The maximum atomic E-state index is 12.9. The number of nitrogens with zero attached hydrogens (tertiary/aromatic N) is 1. The van der Waals surface area contributed by atoms with Gasteiger partial charge in [-0.15, -0.1) is 0 Å². The van der Waals surface area contributed by atoms with Crippen LogP contribution in [0.2, 0.25) is 0 Å². The molecule has 18 heavy (non-hydrogen) atoms. The van der Waals surface area contributed by atoms with E-state index in [2.05, 4.69) is 39.5 Å². The van der Waals surface area contributed by atoms with E-state index in [-0.39, 0.29) is 16.3 Å². The van der Waals surface area contributed by atoms with E-state index < -0.39 is 15.8 Å². The van der Waals surface area contributed by atoms with Crippen molar-refractivity contribution in [2.24, 2.45) is 5.92 Å². The van der Waals surface area contributed by atoms with Gasteiger partial charge >= 0.3 is 0 Å². The lowest BCUT2D eigenvalue weighted by atomic mass is 10.1. The minimum absolute atomic E-state index is 0.0498. The number of pyridine rings is 1. The molecule has 0 saturated carbocycles. The van der Waals surface area contributed by atoms with Crippen LogP contribution < -0.4 is 4.72 Å². The molecule has 1 heterocycles. The third-order valence-corrected chi connectivity index (χ3v) is 4.30. The maximum Gasteiger partial charge on any atom is 0.242 e. The highest BCUT2D eigenvalue weighted by Crippen LogP contribution is 2.13. The van der Waals surface area contributed by atoms with Gasteiger partial charge in [0.15, 0.2) is 0 Å². The lowest BCUT2D eigenvalue weighted by molar-refractivity contribution is 0.549. The Bertz CT molecular complexity index is 494. The van der Waals surface area contributed by atoms with E-state index in [1.807, 2.05) is 0 Å². The largest absolute Gasteiger partial charge is 0.260 e. The summed E-state index contributed by atoms with van der Waals surface area (Å²) in [7, 11) is -3.70. The van der Waals surface area contributed by atoms with Crippen LogP contribution in [0.4, 0.5) is 4.39 Å². The average molecular weight is 339 g/mol. The van der Waals surface area contributed by atoms with Crippen LogP contribution in [0.25, 0.3) is 0 Å². The van der Waals surface area contributed by atoms with Crippen LogP contribution in [0.1, 0.15) is 20.3 Å². The Morgan fingerprint density at radius 1 is 1.44 bits per heavy atom. The molecule has 0 spiro atoms. The lowest BCUT2D eigenvalue weighted by Crippen LogP contribution is -2.30. The van der Waals surface area contributed by atoms with Gasteiger partial charge in [0.25, 0.3) is 0 Å². The van der Waals surface area contributed by atoms with Crippen LogP contribution in [0, 0.1) is 11.7 Å². The molecule has 102 valence electrons. The van der Waals surface area contributed by atoms with Gasteiger partial charge in [-0.2, -0.15) is 0 Å². The van der Waals surface area contributed by atoms with Gasteiger partial charge in [-0.1, -0.05) is 29.8 Å². The Kier molecular flexibility index (Phi) is 5.68. The van der Waals surface area contributed by atoms with E-state index in [0.29, 0.717) is 5.92 Å². The zero-order chi connectivity index (χ0) is 13.8. The van der Waals surface area contributed by atoms with Crippen molar-refractivity contribution in [3.05, 3.63) is 24.3 Å². The maximum absolute atomic E-state index is 12.9. The summed E-state index contributed by atoms with van der Waals surface area (Å²) in [5.41, 5.74) is 0. The summed E-state index contributed by atoms with van der Waals surface area (Å²) in [6.45, 7) is 4.37. The number of halogens is 2. The smallest absolute Gasteiger partial charge is 0.242 e. The van der Waals surface area contributed by atoms with Crippen LogP contribution in [-0.4, -0.2) is 24.8 Å². The van der Waals surface area contributed by atoms with Gasteiger partial charge in [0, 0.05) is 17.6 Å². The minimum Gasteiger partial charge on any atom is -0.260 e. The van der Waals surface area contributed by atoms with Gasteiger partial charge in [-0.05, 0) is 18.4 Å². The molecule has 7 heteroatoms. The van der Waals surface area contributed by atoms with E-state index in [0.717, 1.165) is 24.9 Å². The van der Waals surface area contributed by atoms with E-state index in [9.17, 15) is 12.8 Å². The average Bonchev–Trinajstić information content (AvgIpc) is 2.26. The van der Waals surface area contributed by atoms with E-state index in [1.54, 1.807) is 0 Å². The van der Waals surface area contributed by atoms with Crippen molar-refractivity contribution in [3.8, 4) is 0 Å². The Morgan fingerprint density at radius 2 is 2.11 bits per heavy atom. The van der Waals surface area contributed by atoms with Gasteiger partial charge in [0.1, 0.15) is 10.7 Å². The molecule has 1 N–H and O–H groups in total. The van der Waals surface area contributed by atoms with Crippen molar-refractivity contribution in [2.75, 3.05) is 6.54 Å². The quantitative estimate of drug-likeness (QED) is 0.809. The highest BCUT2D eigenvalue weighted by molar-refractivity contribution is 9.09. The molecule has 1 aromatic rings. The normalized spacial score (nSPS) is 13.8. The molecule has 0 aliphatic rings. The molecule has 0 fully saturated rings. The molecule has 0 aliphatic heterocycles. The van der Waals surface area contributed by atoms with Crippen LogP contribution >= 0.6 is 15.9 Å². The summed E-state index contributed by atoms with van der Waals surface area (Å²) in [6.07, 6.45) is 2.94. The third kappa shape index (κ3) is 4.99. The summed E-state index contributed by atoms with van der Waals surface area (Å²) in [6, 6.07) is 0.945. The Hall–Kier alpha value is -0.530. The summed E-state index contributed by atoms with van der Waals surface area (Å²) in [5.74, 6) is -0.204. The van der Waals surface area contributed by atoms with Crippen LogP contribution in [-0.2, 0) is 10.0 Å². The Labute approximate surface area is 115 Å². The second-order valence-electron chi connectivity index (χ2n) is 4.42. The van der Waals surface area contributed by atoms with Gasteiger partial charge in [0.2, 0.25) is 10.0 Å². The number of rotatable bonds is 6. The molecule has 0 aliphatic carbocycles. The summed E-state index contributed by atoms with van der Waals surface area (Å²) >= 11 is 3.40. The molecule has 0 radical (unpaired) electrons. The fourth-order valence-electron chi connectivity index (χ4n) is 1.42. The fourth-order valence-corrected chi connectivity index (χ4v) is 3.60. The van der Waals surface area contributed by atoms with Gasteiger partial charge in [0.05, 0.1) is 6.20 Å². The first-order chi connectivity index (χ1) is 8.31. The molecular weight excluding hydrogens is 323 g/mol. The summed E-state index contributed by atoms with van der Waals surface area (Å²) in [4.78, 5) is 3.41. The van der Waals surface area contributed by atoms with Crippen molar-refractivity contribution in [1.29, 1.82) is 0 Å². The van der Waals surface area contributed by atoms with E-state index in [4.69, 9.17) is 0 Å². The highest BCUT2D eigenvalue weighted by Gasteiger charge is 2.17. The SMILES string of the molecule is CC(C)CC(Br)CNS(=O)(=O)c1cncc(F)c1. The first kappa shape index (κ1) is 15.5. The lowest BCUT2D eigenvalue weighted by Gasteiger charge is -2.13. The zero-order valence-corrected chi connectivity index (χ0v) is 12.6. The molecular formula is C11H16BrFN2O2S. The predicted molar refractivity (Wildman–Crippen MR) is 71.6 cm³/mol. The van der Waals surface area contributed by atoms with Crippen molar-refractivity contribution in [3.63, 3.8) is 0 Å². The number of alkyl halides is 1. The number of nitrogens with one attached hydrogen (secondary N) is 1. The molecule has 0 aromatic carbocycles. The Balaban J connectivity index is 2.66. The van der Waals surface area contributed by atoms with Crippen molar-refractivity contribution < 1.29 is 12.8 Å². The number of hydrogen-bond acceptors (Lipinski definition) is 3. The van der Waals surface area contributed by atoms with E-state index >= 15 is 0 Å². The van der Waals surface area contributed by atoms with Crippen LogP contribution in [0.5, 0.6) is 0 Å². The molecule has 1 atom stereocenters. The number of sulfonamides is 1. The van der Waals surface area contributed by atoms with Gasteiger partial charge in [-0.25, -0.2) is 17.5 Å². The van der Waals surface area contributed by atoms with Crippen LogP contribution in [0.15, 0.2) is 23.4 Å². The number of hydrogen-bond donors (Lipinski definition) is 1. The predicted octanol–water partition coefficient (Wildman–Crippen LogP) is 2.31. The summed E-state index contributed by atoms with van der Waals surface area (Å²) < 4.78 is 39.0. The minimum atomic E-state index is -3.70. The topological polar surface area (TPSA) is 59.1 Å². The molecule has 0 saturated heterocycles. The zero-order valence-electron chi connectivity index (χ0n) is 10.2. The monoisotopic (exact) mass is 338 g/mol. The van der Waals surface area contributed by atoms with Crippen molar-refractivity contribution >= 4 is 26.0 Å². The fraction of sp³-hybridized carbons (Fsp3) is 0.545. The first-order valence-electron chi connectivity index (χ1n) is 5.55. The second-order valence-corrected chi connectivity index (χ2v) is 7.48. The first-order valence-corrected chi connectivity index (χ1v) is 7.95. The Morgan fingerprint density at radius 3 is 2.67 bits per heavy atom. The van der Waals surface area contributed by atoms with Gasteiger partial charge in [-0.3, -0.25) is 4.98 Å². The molecule has 4 nitrogen and oxygen atoms in total. The number of aromatic nitrogens is 1. The third-order valence-electron chi connectivity index (χ3n) is 2.21. The molecule has 1 rings (SSSR count). The molecule has 1 unspecified atom stereocenters. The van der Waals surface area contributed by atoms with Crippen molar-refractivity contribution in [2.45, 2.75) is 30.0 Å². The van der Waals surface area contributed by atoms with Crippen molar-refractivity contribution in [1.82, 2.24) is 9.71 Å². The van der Waals surface area contributed by atoms with Crippen LogP contribution in [0.3, 0.4) is 0 Å². The van der Waals surface area contributed by atoms with Gasteiger partial charge < -0.3 is 0 Å². The standard InChI is InChI=1S/C11H16BrFN2O2S/c1-8(2)3-9(12)5-15-18(16,17)11-4-10(13)6-14-7-11/h4,6-9,15H,3,5H2,1-2H3. The highest BCUT2D eigenvalue weighted by atomic mass is 79.9. The second kappa shape index (κ2) is 6.58. The summed E-state index contributed by atoms with van der Waals surface area (Å²) in [5, 5.41) is 0. The molecule has 0 amide bonds.